The summed E-state index contributed by atoms with van der Waals surface area (Å²) in [6, 6.07) is 7.53. The van der Waals surface area contributed by atoms with Crippen molar-refractivity contribution in [1.82, 2.24) is 19.7 Å². The van der Waals surface area contributed by atoms with Crippen LogP contribution in [-0.2, 0) is 13.0 Å². The normalized spacial score (nSPS) is 18.0. The molecule has 0 atom stereocenters. The van der Waals surface area contributed by atoms with E-state index < -0.39 is 0 Å². The molecular weight excluding hydrogens is 340 g/mol. The topological polar surface area (TPSA) is 60.2 Å². The molecule has 1 fully saturated rings. The molecule has 0 N–H and O–H groups in total. The van der Waals surface area contributed by atoms with Crippen molar-refractivity contribution >= 4 is 5.91 Å². The maximum Gasteiger partial charge on any atom is 0.257 e. The molecule has 0 unspecified atom stereocenters. The van der Waals surface area contributed by atoms with Crippen molar-refractivity contribution in [2.75, 3.05) is 19.7 Å². The zero-order valence-electron chi connectivity index (χ0n) is 16.1. The lowest BCUT2D eigenvalue weighted by Crippen LogP contribution is -2.38. The summed E-state index contributed by atoms with van der Waals surface area (Å²) in [5.41, 5.74) is 0.661. The Balaban J connectivity index is 1.44. The third kappa shape index (κ3) is 3.70. The van der Waals surface area contributed by atoms with Crippen molar-refractivity contribution in [3.05, 3.63) is 41.5 Å². The van der Waals surface area contributed by atoms with Gasteiger partial charge in [0.15, 0.2) is 0 Å². The number of carbonyl (C=O) groups excluding carboxylic acids is 1. The van der Waals surface area contributed by atoms with Gasteiger partial charge in [-0.1, -0.05) is 18.6 Å². The van der Waals surface area contributed by atoms with Gasteiger partial charge in [0, 0.05) is 32.0 Å². The minimum Gasteiger partial charge on any atom is -0.493 e. The second kappa shape index (κ2) is 8.11. The highest BCUT2D eigenvalue weighted by Crippen LogP contribution is 2.30. The number of hydrogen-bond donors (Lipinski definition) is 0. The van der Waals surface area contributed by atoms with Crippen LogP contribution in [0.25, 0.3) is 0 Å². The molecule has 27 heavy (non-hydrogen) atoms. The molecule has 1 amide bonds. The van der Waals surface area contributed by atoms with Gasteiger partial charge in [0.2, 0.25) is 0 Å². The molecule has 2 aromatic rings. The number of aryl methyl sites for hydroxylation is 1. The molecule has 6 heteroatoms. The van der Waals surface area contributed by atoms with Gasteiger partial charge in [0.05, 0.1) is 12.2 Å². The summed E-state index contributed by atoms with van der Waals surface area (Å²) in [4.78, 5) is 14.9. The first-order valence-electron chi connectivity index (χ1n) is 10.2. The molecule has 0 aliphatic carbocycles. The van der Waals surface area contributed by atoms with Gasteiger partial charge in [-0.05, 0) is 44.7 Å². The number of likely N-dealkylation sites (tertiary alicyclic amines) is 1. The summed E-state index contributed by atoms with van der Waals surface area (Å²) < 4.78 is 7.98. The number of fused-ring (bicyclic) bond motifs is 1. The minimum absolute atomic E-state index is 0.0672. The number of benzene rings is 1. The fraction of sp³-hybridized carbons (Fsp3) is 0.571. The summed E-state index contributed by atoms with van der Waals surface area (Å²) in [5, 5.41) is 8.96. The summed E-state index contributed by atoms with van der Waals surface area (Å²) in [6.45, 7) is 5.05. The predicted molar refractivity (Wildman–Crippen MR) is 103 cm³/mol. The average molecular weight is 368 g/mol. The first-order chi connectivity index (χ1) is 13.3. The Kier molecular flexibility index (Phi) is 5.41. The molecule has 144 valence electrons. The number of nitrogens with zero attached hydrogens (tertiary/aromatic N) is 4. The van der Waals surface area contributed by atoms with Crippen LogP contribution in [0.5, 0.6) is 5.75 Å². The lowest BCUT2D eigenvalue weighted by Gasteiger charge is -2.32. The molecule has 0 spiro atoms. The van der Waals surface area contributed by atoms with Gasteiger partial charge >= 0.3 is 0 Å². The second-order valence-corrected chi connectivity index (χ2v) is 7.43. The van der Waals surface area contributed by atoms with Gasteiger partial charge in [-0.15, -0.1) is 10.2 Å². The van der Waals surface area contributed by atoms with E-state index in [2.05, 4.69) is 14.8 Å². The number of para-hydroxylation sites is 1. The van der Waals surface area contributed by atoms with Crippen molar-refractivity contribution in [2.24, 2.45) is 0 Å². The molecule has 0 radical (unpaired) electrons. The zero-order chi connectivity index (χ0) is 18.6. The standard InChI is InChI=1S/C21H28N4O2/c1-2-27-18-9-6-5-8-17(18)21(26)24-14-11-16(12-15-24)20-23-22-19-10-4-3-7-13-25(19)20/h5-6,8-9,16H,2-4,7,10-15H2,1H3. The van der Waals surface area contributed by atoms with Gasteiger partial charge in [-0.3, -0.25) is 4.79 Å². The summed E-state index contributed by atoms with van der Waals surface area (Å²) in [5.74, 6) is 3.42. The van der Waals surface area contributed by atoms with Crippen LogP contribution in [-0.4, -0.2) is 45.3 Å². The molecule has 6 nitrogen and oxygen atoms in total. The van der Waals surface area contributed by atoms with Gasteiger partial charge in [0.1, 0.15) is 17.4 Å². The molecule has 1 saturated heterocycles. The number of aromatic nitrogens is 3. The molecular formula is C21H28N4O2. The quantitative estimate of drug-likeness (QED) is 0.830. The summed E-state index contributed by atoms with van der Waals surface area (Å²) in [7, 11) is 0. The lowest BCUT2D eigenvalue weighted by molar-refractivity contribution is 0.0706. The summed E-state index contributed by atoms with van der Waals surface area (Å²) in [6.07, 6.45) is 6.63. The largest absolute Gasteiger partial charge is 0.493 e. The van der Waals surface area contributed by atoms with Gasteiger partial charge < -0.3 is 14.2 Å². The Labute approximate surface area is 160 Å². The van der Waals surface area contributed by atoms with Crippen molar-refractivity contribution < 1.29 is 9.53 Å². The zero-order valence-corrected chi connectivity index (χ0v) is 16.1. The van der Waals surface area contributed by atoms with E-state index in [-0.39, 0.29) is 5.91 Å². The molecule has 0 saturated carbocycles. The van der Waals surface area contributed by atoms with Gasteiger partial charge in [0.25, 0.3) is 5.91 Å². The Bertz CT molecular complexity index is 793. The SMILES string of the molecule is CCOc1ccccc1C(=O)N1CCC(c2nnc3n2CCCCC3)CC1. The third-order valence-corrected chi connectivity index (χ3v) is 5.70. The van der Waals surface area contributed by atoms with Crippen LogP contribution >= 0.6 is 0 Å². The Morgan fingerprint density at radius 3 is 2.74 bits per heavy atom. The van der Waals surface area contributed by atoms with Gasteiger partial charge in [-0.25, -0.2) is 0 Å². The molecule has 1 aromatic heterocycles. The van der Waals surface area contributed by atoms with E-state index in [1.54, 1.807) is 0 Å². The van der Waals surface area contributed by atoms with Crippen LogP contribution in [0.2, 0.25) is 0 Å². The van der Waals surface area contributed by atoms with Gasteiger partial charge in [-0.2, -0.15) is 0 Å². The second-order valence-electron chi connectivity index (χ2n) is 7.43. The first-order valence-corrected chi connectivity index (χ1v) is 10.2. The van der Waals surface area contributed by atoms with Crippen LogP contribution in [0.4, 0.5) is 0 Å². The molecule has 4 rings (SSSR count). The van der Waals surface area contributed by atoms with E-state index in [9.17, 15) is 4.79 Å². The van der Waals surface area contributed by atoms with Crippen molar-refractivity contribution in [3.8, 4) is 5.75 Å². The third-order valence-electron chi connectivity index (χ3n) is 5.70. The van der Waals surface area contributed by atoms with E-state index in [0.717, 1.165) is 50.5 Å². The number of amides is 1. The molecule has 1 aromatic carbocycles. The Hall–Kier alpha value is -2.37. The highest BCUT2D eigenvalue weighted by atomic mass is 16.5. The fourth-order valence-electron chi connectivity index (χ4n) is 4.25. The predicted octanol–water partition coefficient (Wildman–Crippen LogP) is 3.42. The molecule has 0 bridgehead atoms. The van der Waals surface area contributed by atoms with Crippen LogP contribution in [0.3, 0.4) is 0 Å². The number of piperidine rings is 1. The van der Waals surface area contributed by atoms with E-state index in [0.29, 0.717) is 23.8 Å². The number of hydrogen-bond acceptors (Lipinski definition) is 4. The highest BCUT2D eigenvalue weighted by molar-refractivity contribution is 5.97. The van der Waals surface area contributed by atoms with Crippen LogP contribution < -0.4 is 4.74 Å². The summed E-state index contributed by atoms with van der Waals surface area (Å²) >= 11 is 0. The number of ether oxygens (including phenoxy) is 1. The molecule has 2 aliphatic heterocycles. The number of carbonyl (C=O) groups is 1. The van der Waals surface area contributed by atoms with Crippen LogP contribution in [0.15, 0.2) is 24.3 Å². The van der Waals surface area contributed by atoms with E-state index in [4.69, 9.17) is 4.74 Å². The minimum atomic E-state index is 0.0672. The maximum absolute atomic E-state index is 13.0. The Morgan fingerprint density at radius 1 is 1.11 bits per heavy atom. The van der Waals surface area contributed by atoms with E-state index in [1.165, 1.54) is 19.3 Å². The molecule has 3 heterocycles. The van der Waals surface area contributed by atoms with Crippen molar-refractivity contribution in [3.63, 3.8) is 0 Å². The smallest absolute Gasteiger partial charge is 0.257 e. The van der Waals surface area contributed by atoms with E-state index >= 15 is 0 Å². The maximum atomic E-state index is 13.0. The van der Waals surface area contributed by atoms with Crippen molar-refractivity contribution in [2.45, 2.75) is 57.9 Å². The monoisotopic (exact) mass is 368 g/mol. The lowest BCUT2D eigenvalue weighted by atomic mass is 9.95. The average Bonchev–Trinajstić information content (AvgIpc) is 2.96. The first kappa shape index (κ1) is 18.0. The molecule has 2 aliphatic rings. The van der Waals surface area contributed by atoms with Crippen LogP contribution in [0, 0.1) is 0 Å². The number of rotatable bonds is 4. The van der Waals surface area contributed by atoms with Crippen LogP contribution in [0.1, 0.15) is 67.0 Å². The highest BCUT2D eigenvalue weighted by Gasteiger charge is 2.29. The van der Waals surface area contributed by atoms with E-state index in [1.807, 2.05) is 36.1 Å². The van der Waals surface area contributed by atoms with Crippen molar-refractivity contribution in [1.29, 1.82) is 0 Å². The Morgan fingerprint density at radius 2 is 1.93 bits per heavy atom. The fourth-order valence-corrected chi connectivity index (χ4v) is 4.25.